The number of hydrogen-bond donors (Lipinski definition) is 1. The van der Waals surface area contributed by atoms with Gasteiger partial charge >= 0.3 is 0 Å². The number of carbonyl (C=O) groups is 1. The molecule has 0 spiro atoms. The number of amides is 1. The van der Waals surface area contributed by atoms with E-state index in [2.05, 4.69) is 4.98 Å². The molecule has 0 atom stereocenters. The molecule has 2 aromatic carbocycles. The lowest BCUT2D eigenvalue weighted by atomic mass is 10.1. The van der Waals surface area contributed by atoms with E-state index in [0.29, 0.717) is 11.3 Å². The van der Waals surface area contributed by atoms with E-state index >= 15 is 0 Å². The van der Waals surface area contributed by atoms with Gasteiger partial charge in [-0.15, -0.1) is 0 Å². The summed E-state index contributed by atoms with van der Waals surface area (Å²) < 4.78 is 30.4. The van der Waals surface area contributed by atoms with E-state index in [4.69, 9.17) is 10.5 Å². The van der Waals surface area contributed by atoms with E-state index in [9.17, 15) is 13.2 Å². The molecule has 0 fully saturated rings. The maximum absolute atomic E-state index is 12.3. The molecular formula is C19H18N2O4S. The predicted octanol–water partition coefficient (Wildman–Crippen LogP) is 2.71. The van der Waals surface area contributed by atoms with Crippen LogP contribution in [0.4, 0.5) is 0 Å². The van der Waals surface area contributed by atoms with Gasteiger partial charge in [0.05, 0.1) is 16.2 Å². The number of hydrogen-bond acceptors (Lipinski definition) is 5. The van der Waals surface area contributed by atoms with Crippen LogP contribution in [0.25, 0.3) is 10.8 Å². The van der Waals surface area contributed by atoms with Crippen LogP contribution in [-0.2, 0) is 16.4 Å². The molecule has 26 heavy (non-hydrogen) atoms. The van der Waals surface area contributed by atoms with Gasteiger partial charge in [-0.3, -0.25) is 9.78 Å². The summed E-state index contributed by atoms with van der Waals surface area (Å²) in [6.45, 7) is 1.68. The molecule has 0 saturated carbocycles. The van der Waals surface area contributed by atoms with E-state index < -0.39 is 15.7 Å². The van der Waals surface area contributed by atoms with Crippen molar-refractivity contribution >= 4 is 26.5 Å². The number of ether oxygens (including phenoxy) is 1. The van der Waals surface area contributed by atoms with Gasteiger partial charge in [0.1, 0.15) is 12.4 Å². The van der Waals surface area contributed by atoms with Crippen molar-refractivity contribution in [3.05, 3.63) is 66.0 Å². The monoisotopic (exact) mass is 370 g/mol. The number of benzene rings is 2. The molecule has 1 aromatic heterocycles. The molecule has 1 heterocycles. The molecule has 0 bridgehead atoms. The highest BCUT2D eigenvalue weighted by atomic mass is 32.2. The zero-order chi connectivity index (χ0) is 18.7. The fraction of sp³-hybridized carbons (Fsp3) is 0.158. The smallest absolute Gasteiger partial charge is 0.250 e. The van der Waals surface area contributed by atoms with E-state index in [1.165, 1.54) is 19.1 Å². The lowest BCUT2D eigenvalue weighted by Crippen LogP contribution is -2.17. The van der Waals surface area contributed by atoms with Gasteiger partial charge in [0, 0.05) is 23.2 Å². The van der Waals surface area contributed by atoms with Crippen LogP contribution in [-0.4, -0.2) is 25.1 Å². The standard InChI is InChI=1S/C19H18N2O4S/c1-2-26(23,24)18-10-13(6-7-16(18)19(20)22)12-25-17-5-3-4-14-11-21-9-8-15(14)17/h3-11H,2,12H2,1H3,(H2,20,22). The number of primary amides is 1. The molecule has 3 aromatic rings. The number of carbonyl (C=O) groups excluding carboxylic acids is 1. The lowest BCUT2D eigenvalue weighted by Gasteiger charge is -2.12. The Balaban J connectivity index is 1.93. The fourth-order valence-corrected chi connectivity index (χ4v) is 3.80. The average Bonchev–Trinajstić information content (AvgIpc) is 2.66. The van der Waals surface area contributed by atoms with Crippen LogP contribution in [0, 0.1) is 0 Å². The van der Waals surface area contributed by atoms with Gasteiger partial charge in [-0.05, 0) is 29.8 Å². The van der Waals surface area contributed by atoms with E-state index in [1.54, 1.807) is 18.5 Å². The van der Waals surface area contributed by atoms with Crippen LogP contribution in [0.2, 0.25) is 0 Å². The molecule has 0 aliphatic heterocycles. The van der Waals surface area contributed by atoms with Crippen molar-refractivity contribution in [2.45, 2.75) is 18.4 Å². The van der Waals surface area contributed by atoms with Gasteiger partial charge < -0.3 is 10.5 Å². The molecule has 3 rings (SSSR count). The summed E-state index contributed by atoms with van der Waals surface area (Å²) in [7, 11) is -3.58. The number of sulfone groups is 1. The number of rotatable bonds is 6. The summed E-state index contributed by atoms with van der Waals surface area (Å²) in [5.74, 6) is -0.219. The van der Waals surface area contributed by atoms with Gasteiger partial charge in [-0.1, -0.05) is 25.1 Å². The number of pyridine rings is 1. The first kappa shape index (κ1) is 17.9. The molecule has 134 valence electrons. The van der Waals surface area contributed by atoms with Gasteiger partial charge in [-0.2, -0.15) is 0 Å². The molecule has 0 unspecified atom stereocenters. The molecule has 0 saturated heterocycles. The second-order valence-electron chi connectivity index (χ2n) is 5.74. The third kappa shape index (κ3) is 3.52. The van der Waals surface area contributed by atoms with Crippen molar-refractivity contribution in [2.24, 2.45) is 5.73 Å². The van der Waals surface area contributed by atoms with Crippen molar-refractivity contribution in [3.63, 3.8) is 0 Å². The summed E-state index contributed by atoms with van der Waals surface area (Å²) in [5.41, 5.74) is 5.93. The molecule has 1 amide bonds. The first-order valence-electron chi connectivity index (χ1n) is 8.03. The highest BCUT2D eigenvalue weighted by Gasteiger charge is 2.20. The molecule has 0 aliphatic carbocycles. The lowest BCUT2D eigenvalue weighted by molar-refractivity contribution is 0.0997. The average molecular weight is 370 g/mol. The van der Waals surface area contributed by atoms with Crippen LogP contribution in [0.1, 0.15) is 22.8 Å². The number of nitrogens with zero attached hydrogens (tertiary/aromatic N) is 1. The Labute approximate surface area is 151 Å². The third-order valence-corrected chi connectivity index (χ3v) is 5.83. The van der Waals surface area contributed by atoms with Gasteiger partial charge in [0.25, 0.3) is 0 Å². The minimum Gasteiger partial charge on any atom is -0.488 e. The summed E-state index contributed by atoms with van der Waals surface area (Å²) in [5, 5.41) is 1.86. The van der Waals surface area contributed by atoms with Crippen LogP contribution in [0.5, 0.6) is 5.75 Å². The minimum absolute atomic E-state index is 0.00756. The summed E-state index contributed by atoms with van der Waals surface area (Å²) >= 11 is 0. The van der Waals surface area contributed by atoms with Gasteiger partial charge in [-0.25, -0.2) is 8.42 Å². The Morgan fingerprint density at radius 2 is 2.00 bits per heavy atom. The highest BCUT2D eigenvalue weighted by Crippen LogP contribution is 2.26. The number of fused-ring (bicyclic) bond motifs is 1. The van der Waals surface area contributed by atoms with Crippen molar-refractivity contribution < 1.29 is 17.9 Å². The Hall–Kier alpha value is -2.93. The fourth-order valence-electron chi connectivity index (χ4n) is 2.65. The molecule has 6 nitrogen and oxygen atoms in total. The Kier molecular flexibility index (Phi) is 4.90. The first-order valence-corrected chi connectivity index (χ1v) is 9.68. The zero-order valence-electron chi connectivity index (χ0n) is 14.2. The molecule has 2 N–H and O–H groups in total. The zero-order valence-corrected chi connectivity index (χ0v) is 15.0. The molecule has 7 heteroatoms. The second-order valence-corrected chi connectivity index (χ2v) is 7.99. The Morgan fingerprint density at radius 1 is 1.19 bits per heavy atom. The van der Waals surface area contributed by atoms with Crippen LogP contribution < -0.4 is 10.5 Å². The van der Waals surface area contributed by atoms with Gasteiger partial charge in [0.2, 0.25) is 5.91 Å². The van der Waals surface area contributed by atoms with Crippen LogP contribution in [0.3, 0.4) is 0 Å². The highest BCUT2D eigenvalue weighted by molar-refractivity contribution is 7.91. The number of aromatic nitrogens is 1. The normalized spacial score (nSPS) is 11.4. The first-order chi connectivity index (χ1) is 12.4. The van der Waals surface area contributed by atoms with Crippen LogP contribution >= 0.6 is 0 Å². The largest absolute Gasteiger partial charge is 0.488 e. The maximum Gasteiger partial charge on any atom is 0.250 e. The quantitative estimate of drug-likeness (QED) is 0.719. The number of nitrogens with two attached hydrogens (primary N) is 1. The van der Waals surface area contributed by atoms with Crippen molar-refractivity contribution in [3.8, 4) is 5.75 Å². The van der Waals surface area contributed by atoms with Crippen molar-refractivity contribution in [1.82, 2.24) is 4.98 Å². The Bertz CT molecular complexity index is 1070. The summed E-state index contributed by atoms with van der Waals surface area (Å²) in [6, 6.07) is 12.0. The Morgan fingerprint density at radius 3 is 2.73 bits per heavy atom. The molecule has 0 aliphatic rings. The SMILES string of the molecule is CCS(=O)(=O)c1cc(COc2cccc3cnccc23)ccc1C(N)=O. The van der Waals surface area contributed by atoms with E-state index in [-0.39, 0.29) is 22.8 Å². The van der Waals surface area contributed by atoms with Crippen LogP contribution in [0.15, 0.2) is 59.8 Å². The van der Waals surface area contributed by atoms with Crippen molar-refractivity contribution in [2.75, 3.05) is 5.75 Å². The molecule has 0 radical (unpaired) electrons. The van der Waals surface area contributed by atoms with Gasteiger partial charge in [0.15, 0.2) is 9.84 Å². The van der Waals surface area contributed by atoms with E-state index in [1.807, 2.05) is 24.3 Å². The topological polar surface area (TPSA) is 99.3 Å². The minimum atomic E-state index is -3.58. The maximum atomic E-state index is 12.3. The summed E-state index contributed by atoms with van der Waals surface area (Å²) in [6.07, 6.45) is 3.43. The van der Waals surface area contributed by atoms with Crippen molar-refractivity contribution in [1.29, 1.82) is 0 Å². The summed E-state index contributed by atoms with van der Waals surface area (Å²) in [4.78, 5) is 15.6. The predicted molar refractivity (Wildman–Crippen MR) is 98.8 cm³/mol. The second kappa shape index (κ2) is 7.13. The van der Waals surface area contributed by atoms with E-state index in [0.717, 1.165) is 10.8 Å². The molecular weight excluding hydrogens is 352 g/mol. The third-order valence-electron chi connectivity index (χ3n) is 4.06.